The standard InChI is InChI=1S/C49H35N/c1-49(2)45-19-11-10-17-41(45)42-29-27-37(30-46(42)49)50(36-25-22-33(23-26-36)32-12-4-3-5-13-32)47-31-44-40(39-16-8-9-18-43(39)47)28-24-35-21-20-34-14-6-7-15-38(34)48(35)44/h3-31H,1-2H3. The van der Waals surface area contributed by atoms with Gasteiger partial charge in [0.1, 0.15) is 0 Å². The molecule has 0 radical (unpaired) electrons. The number of hydrogen-bond donors (Lipinski definition) is 0. The fourth-order valence-corrected chi connectivity index (χ4v) is 8.54. The lowest BCUT2D eigenvalue weighted by molar-refractivity contribution is 0.660. The van der Waals surface area contributed by atoms with Crippen LogP contribution in [0.3, 0.4) is 0 Å². The van der Waals surface area contributed by atoms with Gasteiger partial charge in [0, 0.05) is 22.2 Å². The second kappa shape index (κ2) is 10.9. The van der Waals surface area contributed by atoms with E-state index in [1.54, 1.807) is 0 Å². The number of fused-ring (bicyclic) bond motifs is 10. The highest BCUT2D eigenvalue weighted by atomic mass is 15.1. The Bertz CT molecular complexity index is 2770. The zero-order valence-corrected chi connectivity index (χ0v) is 28.2. The Morgan fingerprint density at radius 1 is 0.380 bits per heavy atom. The molecule has 1 aliphatic carbocycles. The van der Waals surface area contributed by atoms with Crippen LogP contribution >= 0.6 is 0 Å². The second-order valence-corrected chi connectivity index (χ2v) is 14.1. The third-order valence-corrected chi connectivity index (χ3v) is 11.0. The monoisotopic (exact) mass is 637 g/mol. The highest BCUT2D eigenvalue weighted by Crippen LogP contribution is 2.51. The van der Waals surface area contributed by atoms with E-state index in [1.807, 2.05) is 0 Å². The fourth-order valence-electron chi connectivity index (χ4n) is 8.54. The molecule has 1 heteroatoms. The lowest BCUT2D eigenvalue weighted by Crippen LogP contribution is -2.16. The predicted octanol–water partition coefficient (Wildman–Crippen LogP) is 13.7. The van der Waals surface area contributed by atoms with Crippen LogP contribution in [0, 0.1) is 0 Å². The average molecular weight is 638 g/mol. The van der Waals surface area contributed by atoms with Gasteiger partial charge in [-0.1, -0.05) is 159 Å². The van der Waals surface area contributed by atoms with Gasteiger partial charge < -0.3 is 4.90 Å². The summed E-state index contributed by atoms with van der Waals surface area (Å²) in [7, 11) is 0. The van der Waals surface area contributed by atoms with Gasteiger partial charge in [0.25, 0.3) is 0 Å². The molecule has 0 saturated heterocycles. The molecule has 9 aromatic carbocycles. The molecule has 0 atom stereocenters. The maximum Gasteiger partial charge on any atom is 0.0546 e. The molecule has 9 aromatic rings. The minimum absolute atomic E-state index is 0.106. The van der Waals surface area contributed by atoms with Crippen molar-refractivity contribution in [2.45, 2.75) is 19.3 Å². The number of benzene rings is 9. The van der Waals surface area contributed by atoms with Crippen molar-refractivity contribution < 1.29 is 0 Å². The van der Waals surface area contributed by atoms with E-state index in [4.69, 9.17) is 0 Å². The molecule has 0 fully saturated rings. The normalized spacial score (nSPS) is 13.2. The van der Waals surface area contributed by atoms with Crippen molar-refractivity contribution in [3.63, 3.8) is 0 Å². The van der Waals surface area contributed by atoms with Crippen molar-refractivity contribution in [2.75, 3.05) is 4.90 Å². The minimum Gasteiger partial charge on any atom is -0.310 e. The maximum atomic E-state index is 2.49. The number of rotatable bonds is 4. The van der Waals surface area contributed by atoms with Gasteiger partial charge in [0.2, 0.25) is 0 Å². The molecule has 0 unspecified atom stereocenters. The van der Waals surface area contributed by atoms with Crippen LogP contribution in [-0.4, -0.2) is 0 Å². The van der Waals surface area contributed by atoms with Crippen molar-refractivity contribution in [3.8, 4) is 22.3 Å². The maximum absolute atomic E-state index is 2.49. The van der Waals surface area contributed by atoms with Gasteiger partial charge in [0.15, 0.2) is 0 Å². The topological polar surface area (TPSA) is 3.24 Å². The van der Waals surface area contributed by atoms with Crippen molar-refractivity contribution in [1.82, 2.24) is 0 Å². The number of hydrogen-bond acceptors (Lipinski definition) is 1. The molecule has 1 aliphatic rings. The summed E-state index contributed by atoms with van der Waals surface area (Å²) in [4.78, 5) is 2.49. The molecule has 0 spiro atoms. The molecule has 0 aromatic heterocycles. The lowest BCUT2D eigenvalue weighted by atomic mass is 9.82. The molecule has 0 N–H and O–H groups in total. The zero-order chi connectivity index (χ0) is 33.4. The van der Waals surface area contributed by atoms with E-state index in [2.05, 4.69) is 195 Å². The highest BCUT2D eigenvalue weighted by molar-refractivity contribution is 6.27. The summed E-state index contributed by atoms with van der Waals surface area (Å²) in [5.41, 5.74) is 11.2. The van der Waals surface area contributed by atoms with E-state index >= 15 is 0 Å². The van der Waals surface area contributed by atoms with Crippen LogP contribution < -0.4 is 4.90 Å². The summed E-state index contributed by atoms with van der Waals surface area (Å²) in [6.45, 7) is 4.73. The Hall–Kier alpha value is -6.18. The van der Waals surface area contributed by atoms with Gasteiger partial charge >= 0.3 is 0 Å². The van der Waals surface area contributed by atoms with Crippen LogP contribution in [0.2, 0.25) is 0 Å². The Morgan fingerprint density at radius 3 is 1.82 bits per heavy atom. The van der Waals surface area contributed by atoms with Crippen molar-refractivity contribution in [3.05, 3.63) is 187 Å². The van der Waals surface area contributed by atoms with E-state index in [9.17, 15) is 0 Å². The molecule has 0 amide bonds. The van der Waals surface area contributed by atoms with Gasteiger partial charge in [-0.15, -0.1) is 0 Å². The third-order valence-electron chi connectivity index (χ3n) is 11.0. The molecule has 50 heavy (non-hydrogen) atoms. The van der Waals surface area contributed by atoms with Crippen molar-refractivity contribution in [1.29, 1.82) is 0 Å². The summed E-state index contributed by atoms with van der Waals surface area (Å²) in [5.74, 6) is 0. The first-order chi connectivity index (χ1) is 24.6. The van der Waals surface area contributed by atoms with Gasteiger partial charge in [-0.05, 0) is 101 Å². The number of nitrogens with zero attached hydrogens (tertiary/aromatic N) is 1. The Kier molecular flexibility index (Phi) is 6.29. The van der Waals surface area contributed by atoms with Crippen LogP contribution in [0.15, 0.2) is 176 Å². The third kappa shape index (κ3) is 4.27. The molecule has 0 bridgehead atoms. The van der Waals surface area contributed by atoms with Gasteiger partial charge in [0.05, 0.1) is 5.69 Å². The Labute approximate surface area is 292 Å². The van der Waals surface area contributed by atoms with E-state index < -0.39 is 0 Å². The molecule has 1 nitrogen and oxygen atoms in total. The first-order valence-corrected chi connectivity index (χ1v) is 17.5. The molecule has 0 saturated carbocycles. The van der Waals surface area contributed by atoms with Crippen LogP contribution in [0.25, 0.3) is 65.3 Å². The Balaban J connectivity index is 1.28. The van der Waals surface area contributed by atoms with Crippen LogP contribution in [0.4, 0.5) is 17.1 Å². The molecule has 10 rings (SSSR count). The highest BCUT2D eigenvalue weighted by Gasteiger charge is 2.35. The van der Waals surface area contributed by atoms with Crippen molar-refractivity contribution >= 4 is 60.2 Å². The molecular formula is C49H35N. The minimum atomic E-state index is -0.106. The smallest absolute Gasteiger partial charge is 0.0546 e. The van der Waals surface area contributed by atoms with Gasteiger partial charge in [-0.3, -0.25) is 0 Å². The quantitative estimate of drug-likeness (QED) is 0.174. The van der Waals surface area contributed by atoms with Gasteiger partial charge in [-0.2, -0.15) is 0 Å². The fraction of sp³-hybridized carbons (Fsp3) is 0.0612. The average Bonchev–Trinajstić information content (AvgIpc) is 3.40. The summed E-state index contributed by atoms with van der Waals surface area (Å²) in [6, 6.07) is 65.0. The van der Waals surface area contributed by atoms with E-state index in [0.717, 1.165) is 11.4 Å². The zero-order valence-electron chi connectivity index (χ0n) is 28.2. The van der Waals surface area contributed by atoms with Gasteiger partial charge in [-0.25, -0.2) is 0 Å². The number of anilines is 3. The molecular weight excluding hydrogens is 603 g/mol. The van der Waals surface area contributed by atoms with Crippen LogP contribution in [0.5, 0.6) is 0 Å². The van der Waals surface area contributed by atoms with E-state index in [-0.39, 0.29) is 5.41 Å². The summed E-state index contributed by atoms with van der Waals surface area (Å²) in [5, 5.41) is 10.1. The Morgan fingerprint density at radius 2 is 0.980 bits per heavy atom. The molecule has 0 heterocycles. The summed E-state index contributed by atoms with van der Waals surface area (Å²) >= 11 is 0. The second-order valence-electron chi connectivity index (χ2n) is 14.1. The molecule has 0 aliphatic heterocycles. The summed E-state index contributed by atoms with van der Waals surface area (Å²) < 4.78 is 0. The van der Waals surface area contributed by atoms with Crippen molar-refractivity contribution in [2.24, 2.45) is 0 Å². The van der Waals surface area contributed by atoms with Crippen LogP contribution in [-0.2, 0) is 5.41 Å². The van der Waals surface area contributed by atoms with E-state index in [1.165, 1.54) is 82.2 Å². The van der Waals surface area contributed by atoms with Crippen LogP contribution in [0.1, 0.15) is 25.0 Å². The SMILES string of the molecule is CC1(C)c2ccccc2-c2ccc(N(c3ccc(-c4ccccc4)cc3)c3cc4c(ccc5ccc6ccccc6c54)c4ccccc34)cc21. The first-order valence-electron chi connectivity index (χ1n) is 17.5. The predicted molar refractivity (Wildman–Crippen MR) is 214 cm³/mol. The first kappa shape index (κ1) is 28.8. The lowest BCUT2D eigenvalue weighted by Gasteiger charge is -2.30. The molecule has 236 valence electrons. The largest absolute Gasteiger partial charge is 0.310 e. The summed E-state index contributed by atoms with van der Waals surface area (Å²) in [6.07, 6.45) is 0. The van der Waals surface area contributed by atoms with E-state index in [0.29, 0.717) is 0 Å².